The van der Waals surface area contributed by atoms with Crippen LogP contribution in [0.25, 0.3) is 0 Å². The van der Waals surface area contributed by atoms with Gasteiger partial charge in [0.05, 0.1) is 0 Å². The summed E-state index contributed by atoms with van der Waals surface area (Å²) in [6, 6.07) is 6.63. The van der Waals surface area contributed by atoms with E-state index in [1.165, 1.54) is 106 Å². The van der Waals surface area contributed by atoms with Gasteiger partial charge >= 0.3 is 0 Å². The van der Waals surface area contributed by atoms with Crippen LogP contribution in [0.5, 0.6) is 0 Å². The molecule has 0 unspecified atom stereocenters. The van der Waals surface area contributed by atoms with Crippen molar-refractivity contribution in [2.45, 2.75) is 139 Å². The number of nitrogens with two attached hydrogens (primary N) is 1. The van der Waals surface area contributed by atoms with Gasteiger partial charge in [-0.1, -0.05) is 108 Å². The first kappa shape index (κ1) is 44.8. The number of carbonyl (C=O) groups excluding carboxylic acids is 1. The molecule has 0 amide bonds. The zero-order valence-electron chi connectivity index (χ0n) is 28.1. The number of aldehydes is 1. The van der Waals surface area contributed by atoms with E-state index in [-0.39, 0.29) is 5.82 Å². The maximum absolute atomic E-state index is 12.4. The Morgan fingerprint density at radius 2 is 1.40 bits per heavy atom. The van der Waals surface area contributed by atoms with Crippen molar-refractivity contribution in [1.29, 1.82) is 0 Å². The van der Waals surface area contributed by atoms with Crippen molar-refractivity contribution in [2.24, 2.45) is 5.73 Å². The van der Waals surface area contributed by atoms with Crippen molar-refractivity contribution in [3.8, 4) is 0 Å². The van der Waals surface area contributed by atoms with Crippen LogP contribution in [-0.2, 0) is 9.53 Å². The van der Waals surface area contributed by atoms with Gasteiger partial charge in [-0.05, 0) is 96.5 Å². The van der Waals surface area contributed by atoms with Crippen molar-refractivity contribution in [3.63, 3.8) is 0 Å². The summed E-state index contributed by atoms with van der Waals surface area (Å²) in [6.07, 6.45) is 17.6. The zero-order valence-corrected chi connectivity index (χ0v) is 28.1. The van der Waals surface area contributed by atoms with Gasteiger partial charge in [0, 0.05) is 13.2 Å². The molecular formula is C36H66FNO2. The quantitative estimate of drug-likeness (QED) is 0.194. The number of hydrogen-bond acceptors (Lipinski definition) is 3. The summed E-state index contributed by atoms with van der Waals surface area (Å²) in [5.41, 5.74) is 10.2. The first-order valence-corrected chi connectivity index (χ1v) is 15.4. The number of benzene rings is 1. The molecule has 40 heavy (non-hydrogen) atoms. The van der Waals surface area contributed by atoms with Crippen LogP contribution in [0.2, 0.25) is 0 Å². The molecule has 2 N–H and O–H groups in total. The molecule has 1 fully saturated rings. The van der Waals surface area contributed by atoms with Gasteiger partial charge in [0.2, 0.25) is 0 Å². The fourth-order valence-electron chi connectivity index (χ4n) is 3.11. The lowest BCUT2D eigenvalue weighted by Crippen LogP contribution is -2.03. The Hall–Kier alpha value is -2.20. The van der Waals surface area contributed by atoms with Crippen molar-refractivity contribution >= 4 is 6.29 Å². The Bertz CT molecular complexity index is 693. The van der Waals surface area contributed by atoms with Gasteiger partial charge in [-0.15, -0.1) is 0 Å². The van der Waals surface area contributed by atoms with E-state index >= 15 is 0 Å². The highest BCUT2D eigenvalue weighted by Gasteiger charge is 1.97. The molecule has 1 aliphatic rings. The second kappa shape index (κ2) is 36.8. The molecule has 1 aromatic carbocycles. The lowest BCUT2D eigenvalue weighted by Gasteiger charge is -2.08. The third-order valence-electron chi connectivity index (χ3n) is 5.70. The summed E-state index contributed by atoms with van der Waals surface area (Å²) in [5.74, 6) is 0.324. The van der Waals surface area contributed by atoms with Gasteiger partial charge in [-0.3, -0.25) is 0 Å². The van der Waals surface area contributed by atoms with E-state index < -0.39 is 0 Å². The van der Waals surface area contributed by atoms with E-state index in [0.717, 1.165) is 19.5 Å². The van der Waals surface area contributed by atoms with Gasteiger partial charge in [0.15, 0.2) is 0 Å². The minimum atomic E-state index is -0.163. The minimum Gasteiger partial charge on any atom is -0.405 e. The summed E-state index contributed by atoms with van der Waals surface area (Å²) < 4.78 is 17.4. The summed E-state index contributed by atoms with van der Waals surface area (Å²) in [6.45, 7) is 26.2. The van der Waals surface area contributed by atoms with E-state index in [9.17, 15) is 4.39 Å². The predicted octanol–water partition coefficient (Wildman–Crippen LogP) is 11.5. The Labute approximate surface area is 249 Å². The number of carbonyl (C=O) groups is 1. The van der Waals surface area contributed by atoms with E-state index in [1.54, 1.807) is 5.57 Å². The van der Waals surface area contributed by atoms with Crippen LogP contribution >= 0.6 is 0 Å². The van der Waals surface area contributed by atoms with Crippen molar-refractivity contribution in [1.82, 2.24) is 0 Å². The topological polar surface area (TPSA) is 52.3 Å². The highest BCUT2D eigenvalue weighted by atomic mass is 19.1. The molecule has 1 saturated heterocycles. The van der Waals surface area contributed by atoms with E-state index in [1.807, 2.05) is 12.1 Å². The second-order valence-corrected chi connectivity index (χ2v) is 10.3. The molecule has 0 aromatic heterocycles. The standard InChI is InChI=1S/C14H26.C9H11F.C5H10O.C4H10.C2H5N.C2H4O/c1-6-7-8-9-10-13(4)14(5)11-12(2)3;1-7(2)8-3-5-9(10)6-4-8;1-2-4-6-5-3-1;1-3-4-2;2*1-2-3/h11H,6-10H2,1-5H3;3-7H,1-2H3;1-5H2;3-4H2,1-2H3;2H,1,3H2;2H,1H3/b14-13+;;;;;. The lowest BCUT2D eigenvalue weighted by atomic mass is 10.0. The molecule has 0 saturated carbocycles. The fraction of sp³-hybridized carbons (Fsp3) is 0.639. The average Bonchev–Trinajstić information content (AvgIpc) is 2.93. The van der Waals surface area contributed by atoms with E-state index in [4.69, 9.17) is 9.53 Å². The Morgan fingerprint density at radius 1 is 0.925 bits per heavy atom. The second-order valence-electron chi connectivity index (χ2n) is 10.3. The molecule has 0 atom stereocenters. The number of rotatable bonds is 8. The predicted molar refractivity (Wildman–Crippen MR) is 178 cm³/mol. The Kier molecular flexibility index (Phi) is 41.2. The normalized spacial score (nSPS) is 11.9. The number of halogens is 1. The van der Waals surface area contributed by atoms with Crippen molar-refractivity contribution in [2.75, 3.05) is 13.2 Å². The third kappa shape index (κ3) is 40.3. The third-order valence-corrected chi connectivity index (χ3v) is 5.70. The van der Waals surface area contributed by atoms with Gasteiger partial charge in [0.25, 0.3) is 0 Å². The fourth-order valence-corrected chi connectivity index (χ4v) is 3.11. The number of ether oxygens (including phenoxy) is 1. The maximum atomic E-state index is 12.4. The van der Waals surface area contributed by atoms with Crippen LogP contribution in [-0.4, -0.2) is 19.5 Å². The molecule has 1 heterocycles. The van der Waals surface area contributed by atoms with Gasteiger partial charge in [-0.2, -0.15) is 0 Å². The molecule has 0 bridgehead atoms. The van der Waals surface area contributed by atoms with Crippen LogP contribution in [0.1, 0.15) is 145 Å². The maximum Gasteiger partial charge on any atom is 0.123 e. The molecule has 4 heteroatoms. The Balaban J connectivity index is -0.000000216. The van der Waals surface area contributed by atoms with Crippen LogP contribution in [0.3, 0.4) is 0 Å². The molecule has 1 aromatic rings. The van der Waals surface area contributed by atoms with Crippen LogP contribution in [0.4, 0.5) is 4.39 Å². The summed E-state index contributed by atoms with van der Waals surface area (Å²) in [4.78, 5) is 8.81. The summed E-state index contributed by atoms with van der Waals surface area (Å²) in [7, 11) is 0. The molecule has 3 nitrogen and oxygen atoms in total. The molecule has 234 valence electrons. The van der Waals surface area contributed by atoms with Crippen LogP contribution in [0, 0.1) is 5.82 Å². The molecule has 0 radical (unpaired) electrons. The van der Waals surface area contributed by atoms with E-state index in [0.29, 0.717) is 5.92 Å². The smallest absolute Gasteiger partial charge is 0.123 e. The minimum absolute atomic E-state index is 0.163. The summed E-state index contributed by atoms with van der Waals surface area (Å²) in [5, 5.41) is 0. The number of unbranched alkanes of at least 4 members (excludes halogenated alkanes) is 4. The highest BCUT2D eigenvalue weighted by Crippen LogP contribution is 2.15. The molecule has 0 aliphatic carbocycles. The molecule has 1 aliphatic heterocycles. The van der Waals surface area contributed by atoms with Gasteiger partial charge in [-0.25, -0.2) is 4.39 Å². The van der Waals surface area contributed by atoms with Crippen molar-refractivity contribution in [3.05, 3.63) is 71.2 Å². The number of hydrogen-bond donors (Lipinski definition) is 1. The molecule has 0 spiro atoms. The molecular weight excluding hydrogens is 497 g/mol. The highest BCUT2D eigenvalue weighted by molar-refractivity contribution is 5.44. The van der Waals surface area contributed by atoms with Crippen LogP contribution < -0.4 is 5.73 Å². The monoisotopic (exact) mass is 564 g/mol. The summed E-state index contributed by atoms with van der Waals surface area (Å²) >= 11 is 0. The van der Waals surface area contributed by atoms with Gasteiger partial charge < -0.3 is 15.3 Å². The first-order valence-electron chi connectivity index (χ1n) is 15.4. The van der Waals surface area contributed by atoms with Gasteiger partial charge in [0.1, 0.15) is 12.1 Å². The zero-order chi connectivity index (χ0) is 31.6. The Morgan fingerprint density at radius 3 is 1.70 bits per heavy atom. The van der Waals surface area contributed by atoms with E-state index in [2.05, 4.69) is 80.7 Å². The molecule has 2 rings (SSSR count). The SMILES string of the molecule is C1CCOCC1.C=CN.CC(C)c1ccc(F)cc1.CC=O.CCCC.CCCCCC/C(C)=C(\C)C=C(C)C. The number of allylic oxidation sites excluding steroid dienone is 4. The lowest BCUT2D eigenvalue weighted by molar-refractivity contribution is -0.106. The van der Waals surface area contributed by atoms with Crippen LogP contribution in [0.15, 0.2) is 59.8 Å². The first-order chi connectivity index (χ1) is 19.0. The average molecular weight is 564 g/mol. The largest absolute Gasteiger partial charge is 0.405 e. The van der Waals surface area contributed by atoms with Crippen molar-refractivity contribution < 1.29 is 13.9 Å².